The topological polar surface area (TPSA) is 76.0 Å². The number of carbonyl (C=O) groups is 2. The van der Waals surface area contributed by atoms with Crippen molar-refractivity contribution in [1.29, 1.82) is 0 Å². The van der Waals surface area contributed by atoms with E-state index in [0.29, 0.717) is 44.2 Å². The van der Waals surface area contributed by atoms with Crippen LogP contribution in [0.1, 0.15) is 37.6 Å². The zero-order valence-electron chi connectivity index (χ0n) is 25.5. The van der Waals surface area contributed by atoms with Gasteiger partial charge in [-0.15, -0.1) is 0 Å². The van der Waals surface area contributed by atoms with Crippen LogP contribution in [-0.2, 0) is 24.4 Å². The molecule has 43 heavy (non-hydrogen) atoms. The average Bonchev–Trinajstić information content (AvgIpc) is 3.44. The summed E-state index contributed by atoms with van der Waals surface area (Å²) in [4.78, 5) is 30.9. The van der Waals surface area contributed by atoms with Crippen LogP contribution in [0.3, 0.4) is 0 Å². The third-order valence-electron chi connectivity index (χ3n) is 6.96. The zero-order chi connectivity index (χ0) is 30.6. The summed E-state index contributed by atoms with van der Waals surface area (Å²) in [5.41, 5.74) is 3.70. The van der Waals surface area contributed by atoms with Crippen LogP contribution >= 0.6 is 0 Å². The molecule has 3 amide bonds. The van der Waals surface area contributed by atoms with Gasteiger partial charge in [-0.05, 0) is 60.4 Å². The fraction of sp³-hybridized carbons (Fsp3) is 0.314. The van der Waals surface area contributed by atoms with Crippen LogP contribution in [0.25, 0.3) is 0 Å². The van der Waals surface area contributed by atoms with E-state index < -0.39 is 0 Å². The number of amides is 3. The number of nitrogens with zero attached hydrogens (tertiary/aromatic N) is 3. The van der Waals surface area contributed by atoms with E-state index in [2.05, 4.69) is 16.0 Å². The number of aromatic nitrogens is 1. The van der Waals surface area contributed by atoms with E-state index in [1.807, 2.05) is 111 Å². The Balaban J connectivity index is 1.55. The normalized spacial score (nSPS) is 10.8. The van der Waals surface area contributed by atoms with Crippen LogP contribution in [0.2, 0.25) is 0 Å². The van der Waals surface area contributed by atoms with Gasteiger partial charge >= 0.3 is 6.03 Å². The quantitative estimate of drug-likeness (QED) is 0.180. The fourth-order valence-electron chi connectivity index (χ4n) is 4.92. The Bertz CT molecular complexity index is 1470. The molecule has 0 saturated heterocycles. The number of nitrogens with one attached hydrogen (secondary N) is 1. The molecule has 8 heteroatoms. The molecular weight excluding hydrogens is 540 g/mol. The Morgan fingerprint density at radius 1 is 0.860 bits per heavy atom. The van der Waals surface area contributed by atoms with Crippen molar-refractivity contribution >= 4 is 17.6 Å². The van der Waals surface area contributed by atoms with Crippen molar-refractivity contribution < 1.29 is 19.1 Å². The lowest BCUT2D eigenvalue weighted by Crippen LogP contribution is -2.45. The molecule has 4 aromatic rings. The standard InChI is InChI=1S/C35H42N4O4/c1-5-43-33-19-10-9-18-32(33)36-35(41)39(22-27(2)3)26-34(40)38(23-28-13-7-6-8-14-28)25-30-16-12-20-37(30)24-29-15-11-17-31(21-29)42-4/h6-21,27H,5,22-26H2,1-4H3,(H,36,41). The van der Waals surface area contributed by atoms with E-state index >= 15 is 0 Å². The predicted molar refractivity (Wildman–Crippen MR) is 170 cm³/mol. The zero-order valence-corrected chi connectivity index (χ0v) is 25.5. The minimum Gasteiger partial charge on any atom is -0.497 e. The first kappa shape index (κ1) is 31.2. The molecule has 1 heterocycles. The maximum absolute atomic E-state index is 14.0. The van der Waals surface area contributed by atoms with E-state index in [1.54, 1.807) is 18.1 Å². The molecule has 0 radical (unpaired) electrons. The molecule has 1 N–H and O–H groups in total. The first-order valence-electron chi connectivity index (χ1n) is 14.7. The molecule has 0 aliphatic carbocycles. The lowest BCUT2D eigenvalue weighted by molar-refractivity contribution is -0.133. The van der Waals surface area contributed by atoms with Crippen molar-refractivity contribution in [1.82, 2.24) is 14.4 Å². The molecule has 8 nitrogen and oxygen atoms in total. The summed E-state index contributed by atoms with van der Waals surface area (Å²) >= 11 is 0. The summed E-state index contributed by atoms with van der Waals surface area (Å²) in [7, 11) is 1.66. The van der Waals surface area contributed by atoms with E-state index in [0.717, 1.165) is 22.6 Å². The van der Waals surface area contributed by atoms with Crippen LogP contribution < -0.4 is 14.8 Å². The molecular formula is C35H42N4O4. The van der Waals surface area contributed by atoms with Crippen molar-refractivity contribution in [3.05, 3.63) is 114 Å². The summed E-state index contributed by atoms with van der Waals surface area (Å²) in [6.45, 7) is 8.30. The Hall–Kier alpha value is -4.72. The minimum atomic E-state index is -0.338. The van der Waals surface area contributed by atoms with Gasteiger partial charge in [-0.3, -0.25) is 4.79 Å². The number of carbonyl (C=O) groups excluding carboxylic acids is 2. The number of urea groups is 1. The first-order chi connectivity index (χ1) is 20.9. The second-order valence-corrected chi connectivity index (χ2v) is 10.8. The summed E-state index contributed by atoms with van der Waals surface area (Å²) in [6, 6.07) is 28.9. The van der Waals surface area contributed by atoms with Crippen molar-refractivity contribution in [3.63, 3.8) is 0 Å². The smallest absolute Gasteiger partial charge is 0.322 e. The van der Waals surface area contributed by atoms with Gasteiger partial charge in [0, 0.05) is 31.5 Å². The van der Waals surface area contributed by atoms with Gasteiger partial charge in [0.1, 0.15) is 18.0 Å². The van der Waals surface area contributed by atoms with Crippen molar-refractivity contribution in [2.75, 3.05) is 32.1 Å². The molecule has 0 atom stereocenters. The monoisotopic (exact) mass is 582 g/mol. The maximum Gasteiger partial charge on any atom is 0.322 e. The first-order valence-corrected chi connectivity index (χ1v) is 14.7. The number of rotatable bonds is 14. The number of hydrogen-bond donors (Lipinski definition) is 1. The largest absolute Gasteiger partial charge is 0.497 e. The van der Waals surface area contributed by atoms with Crippen LogP contribution in [0, 0.1) is 5.92 Å². The maximum atomic E-state index is 14.0. The van der Waals surface area contributed by atoms with Gasteiger partial charge in [0.25, 0.3) is 0 Å². The highest BCUT2D eigenvalue weighted by Crippen LogP contribution is 2.24. The third-order valence-corrected chi connectivity index (χ3v) is 6.96. The van der Waals surface area contributed by atoms with Gasteiger partial charge in [-0.1, -0.05) is 68.4 Å². The molecule has 226 valence electrons. The SMILES string of the molecule is CCOc1ccccc1NC(=O)N(CC(=O)N(Cc1ccccc1)Cc1cccn1Cc1cccc(OC)c1)CC(C)C. The van der Waals surface area contributed by atoms with Gasteiger partial charge in [-0.2, -0.15) is 0 Å². The minimum absolute atomic E-state index is 0.0513. The Kier molecular flexibility index (Phi) is 11.2. The highest BCUT2D eigenvalue weighted by Gasteiger charge is 2.24. The second kappa shape index (κ2) is 15.5. The fourth-order valence-corrected chi connectivity index (χ4v) is 4.92. The molecule has 1 aromatic heterocycles. The Morgan fingerprint density at radius 3 is 2.35 bits per heavy atom. The molecule has 0 unspecified atom stereocenters. The molecule has 4 rings (SSSR count). The molecule has 3 aromatic carbocycles. The number of benzene rings is 3. The molecule has 0 spiro atoms. The molecule has 0 bridgehead atoms. The van der Waals surface area contributed by atoms with Gasteiger partial charge in [-0.25, -0.2) is 4.79 Å². The molecule has 0 saturated carbocycles. The van der Waals surface area contributed by atoms with Crippen LogP contribution in [0.15, 0.2) is 97.2 Å². The summed E-state index contributed by atoms with van der Waals surface area (Å²) in [5, 5.41) is 2.96. The van der Waals surface area contributed by atoms with Gasteiger partial charge in [0.15, 0.2) is 0 Å². The number of ether oxygens (including phenoxy) is 2. The van der Waals surface area contributed by atoms with E-state index in [1.165, 1.54) is 0 Å². The average molecular weight is 583 g/mol. The van der Waals surface area contributed by atoms with Crippen molar-refractivity contribution in [2.24, 2.45) is 5.92 Å². The second-order valence-electron chi connectivity index (χ2n) is 10.8. The summed E-state index contributed by atoms with van der Waals surface area (Å²) < 4.78 is 13.2. The van der Waals surface area contributed by atoms with Gasteiger partial charge in [0.2, 0.25) is 5.91 Å². The van der Waals surface area contributed by atoms with Crippen molar-refractivity contribution in [3.8, 4) is 11.5 Å². The number of hydrogen-bond acceptors (Lipinski definition) is 4. The molecule has 0 aliphatic heterocycles. The van der Waals surface area contributed by atoms with E-state index in [-0.39, 0.29) is 24.4 Å². The summed E-state index contributed by atoms with van der Waals surface area (Å²) in [6.07, 6.45) is 2.02. The van der Waals surface area contributed by atoms with Crippen LogP contribution in [-0.4, -0.2) is 53.1 Å². The number of anilines is 1. The lowest BCUT2D eigenvalue weighted by atomic mass is 10.2. The van der Waals surface area contributed by atoms with Gasteiger partial charge < -0.3 is 29.2 Å². The van der Waals surface area contributed by atoms with Gasteiger partial charge in [0.05, 0.1) is 25.9 Å². The molecule has 0 fully saturated rings. The third kappa shape index (κ3) is 9.13. The Labute approximate surface area is 254 Å². The van der Waals surface area contributed by atoms with Crippen LogP contribution in [0.5, 0.6) is 11.5 Å². The Morgan fingerprint density at radius 2 is 1.60 bits per heavy atom. The predicted octanol–water partition coefficient (Wildman–Crippen LogP) is 6.66. The molecule has 0 aliphatic rings. The van der Waals surface area contributed by atoms with E-state index in [9.17, 15) is 9.59 Å². The lowest BCUT2D eigenvalue weighted by Gasteiger charge is -2.29. The van der Waals surface area contributed by atoms with Crippen molar-refractivity contribution in [2.45, 2.75) is 40.4 Å². The van der Waals surface area contributed by atoms with E-state index in [4.69, 9.17) is 9.47 Å². The van der Waals surface area contributed by atoms with Crippen LogP contribution in [0.4, 0.5) is 10.5 Å². The highest BCUT2D eigenvalue weighted by molar-refractivity contribution is 5.93. The summed E-state index contributed by atoms with van der Waals surface area (Å²) in [5.74, 6) is 1.44. The number of para-hydroxylation sites is 2. The highest BCUT2D eigenvalue weighted by atomic mass is 16.5. The number of methoxy groups -OCH3 is 1.